The molecule has 0 saturated carbocycles. The SMILES string of the molecule is CC(=O)[O-].O=C([O-])[O-].[Cu+2].[Na+]. The van der Waals surface area contributed by atoms with Crippen LogP contribution in [0, 0.1) is 0 Å². The van der Waals surface area contributed by atoms with Crippen LogP contribution in [0.1, 0.15) is 6.92 Å². The summed E-state index contributed by atoms with van der Waals surface area (Å²) in [6, 6.07) is 0. The van der Waals surface area contributed by atoms with Gasteiger partial charge in [-0.25, -0.2) is 0 Å². The van der Waals surface area contributed by atoms with Crippen LogP contribution in [0.2, 0.25) is 0 Å². The third-order valence-corrected chi connectivity index (χ3v) is 0. The van der Waals surface area contributed by atoms with E-state index in [1.807, 2.05) is 0 Å². The summed E-state index contributed by atoms with van der Waals surface area (Å²) in [5, 5.41) is 25.6. The number of hydrogen-bond acceptors (Lipinski definition) is 5. The average molecular weight is 206 g/mol. The predicted octanol–water partition coefficient (Wildman–Crippen LogP) is -6.69. The standard InChI is InChI=1S/C2H4O2.CH2O3.Cu.Na/c1-2(3)4;2-1(3)4;;/h1H3,(H,3,4);(H2,2,3,4);;/q;;+2;+1/p-3. The summed E-state index contributed by atoms with van der Waals surface area (Å²) >= 11 is 0. The Morgan fingerprint density at radius 1 is 1.10 bits per heavy atom. The van der Waals surface area contributed by atoms with Crippen molar-refractivity contribution in [2.24, 2.45) is 0 Å². The molecule has 10 heavy (non-hydrogen) atoms. The molecule has 7 heteroatoms. The first-order valence-electron chi connectivity index (χ1n) is 1.52. The molecule has 0 aromatic heterocycles. The molecule has 0 unspecified atom stereocenters. The number of aliphatic carboxylic acids is 1. The Morgan fingerprint density at radius 2 is 1.10 bits per heavy atom. The number of carboxylic acids is 1. The quantitative estimate of drug-likeness (QED) is 0.366. The summed E-state index contributed by atoms with van der Waals surface area (Å²) in [5.74, 6) is -1.08. The van der Waals surface area contributed by atoms with E-state index in [4.69, 9.17) is 24.9 Å². The number of carboxylic acid groups (broad SMARTS) is 3. The van der Waals surface area contributed by atoms with E-state index in [0.717, 1.165) is 6.92 Å². The van der Waals surface area contributed by atoms with Crippen molar-refractivity contribution >= 4 is 12.1 Å². The number of rotatable bonds is 0. The van der Waals surface area contributed by atoms with Gasteiger partial charge in [-0.15, -0.1) is 0 Å². The van der Waals surface area contributed by atoms with Gasteiger partial charge in [0, 0.05) is 5.97 Å². The molecule has 0 bridgehead atoms. The molecule has 57 valence electrons. The van der Waals surface area contributed by atoms with E-state index in [1.54, 1.807) is 0 Å². The van der Waals surface area contributed by atoms with Gasteiger partial charge in [-0.3, -0.25) is 0 Å². The van der Waals surface area contributed by atoms with Crippen LogP contribution in [0.15, 0.2) is 0 Å². The van der Waals surface area contributed by atoms with Crippen molar-refractivity contribution in [2.45, 2.75) is 6.92 Å². The van der Waals surface area contributed by atoms with Gasteiger partial charge < -0.3 is 24.9 Å². The van der Waals surface area contributed by atoms with Crippen LogP contribution < -0.4 is 44.9 Å². The summed E-state index contributed by atoms with van der Waals surface area (Å²) in [7, 11) is 0. The van der Waals surface area contributed by atoms with Crippen molar-refractivity contribution in [3.63, 3.8) is 0 Å². The van der Waals surface area contributed by atoms with Crippen molar-refractivity contribution in [1.82, 2.24) is 0 Å². The van der Waals surface area contributed by atoms with E-state index in [9.17, 15) is 0 Å². The molecule has 0 aliphatic rings. The van der Waals surface area contributed by atoms with Crippen LogP contribution >= 0.6 is 0 Å². The Kier molecular flexibility index (Phi) is 36.2. The molecule has 0 aliphatic heterocycles. The maximum Gasteiger partial charge on any atom is 2.00 e. The van der Waals surface area contributed by atoms with Crippen molar-refractivity contribution in [3.8, 4) is 0 Å². The smallest absolute Gasteiger partial charge is 0.652 e. The topological polar surface area (TPSA) is 103 Å². The first kappa shape index (κ1) is 22.5. The molecule has 0 aromatic rings. The monoisotopic (exact) mass is 205 g/mol. The third kappa shape index (κ3) is 6460. The minimum Gasteiger partial charge on any atom is -0.652 e. The van der Waals surface area contributed by atoms with Crippen molar-refractivity contribution in [1.29, 1.82) is 0 Å². The van der Waals surface area contributed by atoms with Crippen molar-refractivity contribution < 1.29 is 71.5 Å². The van der Waals surface area contributed by atoms with Crippen molar-refractivity contribution in [2.75, 3.05) is 0 Å². The Labute approximate surface area is 90.2 Å². The van der Waals surface area contributed by atoms with Crippen LogP contribution in [0.3, 0.4) is 0 Å². The van der Waals surface area contributed by atoms with Crippen LogP contribution in [0.4, 0.5) is 4.79 Å². The van der Waals surface area contributed by atoms with Gasteiger partial charge in [0.2, 0.25) is 0 Å². The maximum absolute atomic E-state index is 8.89. The molecule has 0 heterocycles. The van der Waals surface area contributed by atoms with Crippen molar-refractivity contribution in [3.05, 3.63) is 0 Å². The summed E-state index contributed by atoms with van der Waals surface area (Å²) in [4.78, 5) is 17.2. The first-order valence-corrected chi connectivity index (χ1v) is 1.52. The molecular formula is C3H3CuNaO5. The summed E-state index contributed by atoms with van der Waals surface area (Å²) in [5.41, 5.74) is 0. The van der Waals surface area contributed by atoms with Crippen LogP contribution in [-0.2, 0) is 21.9 Å². The summed E-state index contributed by atoms with van der Waals surface area (Å²) < 4.78 is 0. The largest absolute Gasteiger partial charge is 2.00 e. The number of carbonyl (C=O) groups is 2. The van der Waals surface area contributed by atoms with Gasteiger partial charge in [0.05, 0.1) is 0 Å². The Bertz CT molecular complexity index is 74.9. The number of hydrogen-bond donors (Lipinski definition) is 0. The molecule has 1 radical (unpaired) electrons. The van der Waals surface area contributed by atoms with Crippen LogP contribution in [0.5, 0.6) is 0 Å². The molecule has 0 spiro atoms. The zero-order valence-electron chi connectivity index (χ0n) is 5.34. The second kappa shape index (κ2) is 16.1. The summed E-state index contributed by atoms with van der Waals surface area (Å²) in [6.07, 6.45) is -2.33. The molecule has 0 atom stereocenters. The maximum atomic E-state index is 8.89. The molecule has 0 N–H and O–H groups in total. The molecule has 0 aliphatic carbocycles. The second-order valence-corrected chi connectivity index (χ2v) is 0.742. The Morgan fingerprint density at radius 3 is 1.10 bits per heavy atom. The van der Waals surface area contributed by atoms with E-state index < -0.39 is 12.1 Å². The fourth-order valence-corrected chi connectivity index (χ4v) is 0. The van der Waals surface area contributed by atoms with Gasteiger partial charge in [-0.2, -0.15) is 0 Å². The van der Waals surface area contributed by atoms with E-state index in [-0.39, 0.29) is 46.6 Å². The zero-order valence-corrected chi connectivity index (χ0v) is 8.28. The van der Waals surface area contributed by atoms with E-state index in [1.165, 1.54) is 0 Å². The first-order chi connectivity index (χ1) is 3.46. The molecule has 0 rings (SSSR count). The molecule has 0 aromatic carbocycles. The normalized spacial score (nSPS) is 4.90. The van der Waals surface area contributed by atoms with Gasteiger partial charge in [0.25, 0.3) is 0 Å². The average Bonchev–Trinajstić information content (AvgIpc) is 1.25. The molecule has 0 saturated heterocycles. The van der Waals surface area contributed by atoms with Gasteiger partial charge in [-0.05, 0) is 13.1 Å². The Balaban J connectivity index is -0.0000000300. The minimum atomic E-state index is -2.33. The van der Waals surface area contributed by atoms with Gasteiger partial charge >= 0.3 is 46.6 Å². The molecule has 0 amide bonds. The fraction of sp³-hybridized carbons (Fsp3) is 0.333. The van der Waals surface area contributed by atoms with E-state index in [0.29, 0.717) is 0 Å². The molecule has 5 nitrogen and oxygen atoms in total. The fourth-order valence-electron chi connectivity index (χ4n) is 0. The predicted molar refractivity (Wildman–Crippen MR) is 16.1 cm³/mol. The van der Waals surface area contributed by atoms with Crippen LogP contribution in [0.25, 0.3) is 0 Å². The minimum absolute atomic E-state index is 0. The van der Waals surface area contributed by atoms with Gasteiger partial charge in [0.15, 0.2) is 0 Å². The number of carbonyl (C=O) groups excluding carboxylic acids is 2. The summed E-state index contributed by atoms with van der Waals surface area (Å²) in [6.45, 7) is 0.972. The van der Waals surface area contributed by atoms with Gasteiger partial charge in [0.1, 0.15) is 0 Å². The van der Waals surface area contributed by atoms with Crippen LogP contribution in [-0.4, -0.2) is 12.1 Å². The third-order valence-electron chi connectivity index (χ3n) is 0. The molecular weight excluding hydrogens is 203 g/mol. The second-order valence-electron chi connectivity index (χ2n) is 0.742. The van der Waals surface area contributed by atoms with E-state index >= 15 is 0 Å². The zero-order chi connectivity index (χ0) is 7.15. The molecule has 0 fully saturated rings. The van der Waals surface area contributed by atoms with Gasteiger partial charge in [-0.1, -0.05) is 0 Å². The van der Waals surface area contributed by atoms with E-state index in [2.05, 4.69) is 0 Å². The Hall–Kier alpha value is 0.259.